The van der Waals surface area contributed by atoms with Crippen molar-refractivity contribution in [3.8, 4) is 17.3 Å². The van der Waals surface area contributed by atoms with E-state index in [-0.39, 0.29) is 35.9 Å². The summed E-state index contributed by atoms with van der Waals surface area (Å²) in [6.07, 6.45) is 4.94. The van der Waals surface area contributed by atoms with E-state index in [0.29, 0.717) is 59.1 Å². The SMILES string of the molecule is O[C@@H]1C[C@@H]2CN(c3nc(OCCn4ccnc4CF)nc4c(F)c(-c5cccc6cccc(Cl)c56)ncc34)C[C@H]1N2. The van der Waals surface area contributed by atoms with Gasteiger partial charge in [-0.2, -0.15) is 9.97 Å². The zero-order valence-electron chi connectivity index (χ0n) is 21.8. The number of aliphatic hydroxyl groups is 1. The Balaban J connectivity index is 1.32. The number of hydrogen-bond donors (Lipinski definition) is 2. The highest BCUT2D eigenvalue weighted by Crippen LogP contribution is 2.38. The van der Waals surface area contributed by atoms with Crippen molar-refractivity contribution in [3.05, 3.63) is 71.7 Å². The number of halogens is 3. The van der Waals surface area contributed by atoms with Gasteiger partial charge in [0.05, 0.1) is 24.1 Å². The van der Waals surface area contributed by atoms with Crippen molar-refractivity contribution in [2.45, 2.75) is 37.8 Å². The van der Waals surface area contributed by atoms with Crippen molar-refractivity contribution in [1.29, 1.82) is 0 Å². The van der Waals surface area contributed by atoms with Gasteiger partial charge in [0.1, 0.15) is 36.1 Å². The Morgan fingerprint density at radius 3 is 2.80 bits per heavy atom. The second-order valence-electron chi connectivity index (χ2n) is 10.4. The summed E-state index contributed by atoms with van der Waals surface area (Å²) < 4.78 is 37.2. The lowest BCUT2D eigenvalue weighted by molar-refractivity contribution is 0.163. The molecule has 0 saturated carbocycles. The minimum absolute atomic E-state index is 0.00663. The van der Waals surface area contributed by atoms with Crippen LogP contribution in [0.2, 0.25) is 5.02 Å². The average Bonchev–Trinajstić information content (AvgIpc) is 3.54. The summed E-state index contributed by atoms with van der Waals surface area (Å²) in [6, 6.07) is 11.0. The van der Waals surface area contributed by atoms with Crippen molar-refractivity contribution >= 4 is 39.1 Å². The molecule has 0 unspecified atom stereocenters. The van der Waals surface area contributed by atoms with E-state index in [1.807, 2.05) is 29.2 Å². The summed E-state index contributed by atoms with van der Waals surface area (Å²) in [4.78, 5) is 19.7. The summed E-state index contributed by atoms with van der Waals surface area (Å²) in [5, 5.41) is 16.4. The van der Waals surface area contributed by atoms with Crippen LogP contribution in [-0.4, -0.2) is 67.5 Å². The number of anilines is 1. The van der Waals surface area contributed by atoms with E-state index < -0.39 is 18.6 Å². The molecule has 2 aliphatic rings. The molecule has 2 fully saturated rings. The molecular weight excluding hydrogens is 552 g/mol. The van der Waals surface area contributed by atoms with E-state index in [1.165, 1.54) is 6.20 Å². The highest BCUT2D eigenvalue weighted by Gasteiger charge is 2.40. The van der Waals surface area contributed by atoms with Gasteiger partial charge >= 0.3 is 6.01 Å². The average molecular weight is 578 g/mol. The molecule has 0 radical (unpaired) electrons. The molecule has 9 nitrogen and oxygen atoms in total. The molecule has 2 bridgehead atoms. The standard InChI is InChI=1S/C29H26ClF2N7O2/c30-20-6-2-4-16-3-1-5-18(24(16)20)26-25(32)27-19(13-34-26)28(39-14-17-11-22(40)21(15-39)35-17)37-29(36-27)41-10-9-38-8-7-33-23(38)12-31/h1-8,13,17,21-22,35,40H,9-12,14-15H2/t17-,21-,22-/m1/s1. The van der Waals surface area contributed by atoms with Crippen LogP contribution in [0.5, 0.6) is 6.01 Å². The molecule has 3 atom stereocenters. The fourth-order valence-electron chi connectivity index (χ4n) is 5.91. The first-order valence-corrected chi connectivity index (χ1v) is 13.8. The fourth-order valence-corrected chi connectivity index (χ4v) is 6.19. The van der Waals surface area contributed by atoms with Crippen molar-refractivity contribution < 1.29 is 18.6 Å². The Morgan fingerprint density at radius 2 is 1.98 bits per heavy atom. The van der Waals surface area contributed by atoms with Crippen LogP contribution in [0.15, 0.2) is 55.0 Å². The third-order valence-corrected chi connectivity index (χ3v) is 8.15. The molecule has 12 heteroatoms. The number of aliphatic hydroxyl groups excluding tert-OH is 1. The van der Waals surface area contributed by atoms with E-state index in [0.717, 1.165) is 5.39 Å². The van der Waals surface area contributed by atoms with Crippen LogP contribution in [0.1, 0.15) is 12.2 Å². The molecule has 2 aromatic carbocycles. The molecule has 0 spiro atoms. The van der Waals surface area contributed by atoms with E-state index in [4.69, 9.17) is 16.3 Å². The van der Waals surface area contributed by atoms with Crippen molar-refractivity contribution in [2.24, 2.45) is 0 Å². The molecule has 5 heterocycles. The number of piperazine rings is 1. The van der Waals surface area contributed by atoms with Gasteiger partial charge in [-0.05, 0) is 17.9 Å². The number of nitrogens with one attached hydrogen (secondary N) is 1. The number of imidazole rings is 1. The summed E-state index contributed by atoms with van der Waals surface area (Å²) in [7, 11) is 0. The van der Waals surface area contributed by atoms with Gasteiger partial charge in [0, 0.05) is 53.7 Å². The highest BCUT2D eigenvalue weighted by molar-refractivity contribution is 6.36. The van der Waals surface area contributed by atoms with Gasteiger partial charge in [0.25, 0.3) is 0 Å². The van der Waals surface area contributed by atoms with E-state index >= 15 is 4.39 Å². The third kappa shape index (κ3) is 4.63. The molecule has 7 rings (SSSR count). The van der Waals surface area contributed by atoms with Gasteiger partial charge in [-0.15, -0.1) is 0 Å². The summed E-state index contributed by atoms with van der Waals surface area (Å²) in [6.45, 7) is 0.813. The largest absolute Gasteiger partial charge is 0.461 e. The molecule has 5 aromatic rings. The molecular formula is C29H26ClF2N7O2. The van der Waals surface area contributed by atoms with E-state index in [1.54, 1.807) is 29.1 Å². The van der Waals surface area contributed by atoms with Crippen LogP contribution in [0.4, 0.5) is 14.6 Å². The molecule has 0 aliphatic carbocycles. The van der Waals surface area contributed by atoms with E-state index in [9.17, 15) is 9.50 Å². The van der Waals surface area contributed by atoms with Gasteiger partial charge < -0.3 is 24.6 Å². The Hall–Kier alpha value is -3.93. The Kier molecular flexibility index (Phi) is 6.64. The lowest BCUT2D eigenvalue weighted by Crippen LogP contribution is -2.53. The first kappa shape index (κ1) is 26.0. The summed E-state index contributed by atoms with van der Waals surface area (Å²) in [5.74, 6) is 0.159. The van der Waals surface area contributed by atoms with Gasteiger partial charge in [0.2, 0.25) is 0 Å². The summed E-state index contributed by atoms with van der Waals surface area (Å²) >= 11 is 6.54. The van der Waals surface area contributed by atoms with Crippen LogP contribution < -0.4 is 15.0 Å². The quantitative estimate of drug-likeness (QED) is 0.295. The van der Waals surface area contributed by atoms with Gasteiger partial charge in [0.15, 0.2) is 5.82 Å². The van der Waals surface area contributed by atoms with E-state index in [2.05, 4.69) is 25.3 Å². The molecule has 41 heavy (non-hydrogen) atoms. The predicted molar refractivity (Wildman–Crippen MR) is 151 cm³/mol. The predicted octanol–water partition coefficient (Wildman–Crippen LogP) is 4.29. The van der Waals surface area contributed by atoms with Crippen molar-refractivity contribution in [2.75, 3.05) is 24.6 Å². The number of hydrogen-bond acceptors (Lipinski definition) is 8. The number of alkyl halides is 1. The van der Waals surface area contributed by atoms with Crippen LogP contribution in [0.25, 0.3) is 32.9 Å². The van der Waals surface area contributed by atoms with Gasteiger partial charge in [-0.3, -0.25) is 4.98 Å². The first-order valence-electron chi connectivity index (χ1n) is 13.4. The smallest absolute Gasteiger partial charge is 0.319 e. The number of nitrogens with zero attached hydrogens (tertiary/aromatic N) is 6. The first-order chi connectivity index (χ1) is 20.0. The molecule has 210 valence electrons. The second kappa shape index (κ2) is 10.5. The van der Waals surface area contributed by atoms with Gasteiger partial charge in [-0.25, -0.2) is 13.8 Å². The van der Waals surface area contributed by atoms with Crippen LogP contribution >= 0.6 is 11.6 Å². The lowest BCUT2D eigenvalue weighted by Gasteiger charge is -2.34. The van der Waals surface area contributed by atoms with Crippen molar-refractivity contribution in [3.63, 3.8) is 0 Å². The van der Waals surface area contributed by atoms with Gasteiger partial charge in [-0.1, -0.05) is 41.9 Å². The highest BCUT2D eigenvalue weighted by atomic mass is 35.5. The molecule has 2 aliphatic heterocycles. The van der Waals surface area contributed by atoms with Crippen molar-refractivity contribution in [1.82, 2.24) is 29.8 Å². The third-order valence-electron chi connectivity index (χ3n) is 7.83. The normalized spacial score (nSPS) is 20.3. The number of fused-ring (bicyclic) bond motifs is 4. The Labute approximate surface area is 238 Å². The second-order valence-corrected chi connectivity index (χ2v) is 10.8. The monoisotopic (exact) mass is 577 g/mol. The number of pyridine rings is 1. The minimum atomic E-state index is -0.694. The molecule has 2 N–H and O–H groups in total. The zero-order valence-corrected chi connectivity index (χ0v) is 22.6. The zero-order chi connectivity index (χ0) is 28.1. The molecule has 3 aromatic heterocycles. The van der Waals surface area contributed by atoms with Crippen LogP contribution in [0.3, 0.4) is 0 Å². The Bertz CT molecular complexity index is 1760. The Morgan fingerprint density at radius 1 is 1.12 bits per heavy atom. The number of ether oxygens (including phenoxy) is 1. The molecule has 0 amide bonds. The lowest BCUT2D eigenvalue weighted by atomic mass is 10.0. The maximum atomic E-state index is 16.4. The number of benzene rings is 2. The minimum Gasteiger partial charge on any atom is -0.461 e. The topological polar surface area (TPSA) is 101 Å². The number of aromatic nitrogens is 5. The maximum absolute atomic E-state index is 16.4. The fraction of sp³-hybridized carbons (Fsp3) is 0.310. The molecule has 2 saturated heterocycles. The van der Waals surface area contributed by atoms with Crippen LogP contribution in [-0.2, 0) is 13.2 Å². The summed E-state index contributed by atoms with van der Waals surface area (Å²) in [5.41, 5.74) is 0.739. The maximum Gasteiger partial charge on any atom is 0.319 e. The van der Waals surface area contributed by atoms with Crippen LogP contribution in [0, 0.1) is 5.82 Å². The number of rotatable bonds is 7.